The van der Waals surface area contributed by atoms with Crippen molar-refractivity contribution in [1.29, 1.82) is 0 Å². The predicted molar refractivity (Wildman–Crippen MR) is 137 cm³/mol. The molecule has 3 aromatic rings. The molecule has 1 unspecified atom stereocenters. The van der Waals surface area contributed by atoms with Gasteiger partial charge in [-0.15, -0.1) is 0 Å². The van der Waals surface area contributed by atoms with Crippen LogP contribution in [0.3, 0.4) is 0 Å². The molecule has 1 atom stereocenters. The molecule has 212 valence electrons. The van der Waals surface area contributed by atoms with E-state index in [1.54, 1.807) is 4.98 Å². The van der Waals surface area contributed by atoms with Crippen molar-refractivity contribution in [3.8, 4) is 22.9 Å². The molecule has 40 heavy (non-hydrogen) atoms. The van der Waals surface area contributed by atoms with Crippen LogP contribution in [0.2, 0.25) is 10.0 Å². The molecule has 4 rings (SSSR count). The van der Waals surface area contributed by atoms with Gasteiger partial charge in [-0.25, -0.2) is 31.5 Å². The Hall–Kier alpha value is -3.79. The summed E-state index contributed by atoms with van der Waals surface area (Å²) in [5.41, 5.74) is -3.48. The number of carbonyl (C=O) groups excluding carboxylic acids is 1. The van der Waals surface area contributed by atoms with E-state index in [-0.39, 0.29) is 44.3 Å². The molecule has 0 amide bonds. The lowest BCUT2D eigenvalue weighted by molar-refractivity contribution is -0.136. The molecule has 0 saturated carbocycles. The highest BCUT2D eigenvalue weighted by molar-refractivity contribution is 7.89. The number of benzene rings is 2. The minimum Gasteiger partial charge on any atom is -0.495 e. The lowest BCUT2D eigenvalue weighted by Crippen LogP contribution is -2.39. The first-order valence-electron chi connectivity index (χ1n) is 11.0. The normalized spacial score (nSPS) is 14.9. The van der Waals surface area contributed by atoms with Crippen LogP contribution < -0.4 is 25.4 Å². The Morgan fingerprint density at radius 2 is 1.82 bits per heavy atom. The first-order valence-corrected chi connectivity index (χ1v) is 13.3. The van der Waals surface area contributed by atoms with Gasteiger partial charge in [0.2, 0.25) is 10.0 Å². The van der Waals surface area contributed by atoms with Crippen molar-refractivity contribution in [3.63, 3.8) is 0 Å². The Kier molecular flexibility index (Phi) is 8.30. The number of H-pyrrole nitrogens is 1. The number of hydrogen-bond donors (Lipinski definition) is 2. The lowest BCUT2D eigenvalue weighted by atomic mass is 9.94. The molecular weight excluding hydrogens is 601 g/mol. The molecule has 12 nitrogen and oxygen atoms in total. The van der Waals surface area contributed by atoms with E-state index in [0.717, 1.165) is 18.2 Å². The average Bonchev–Trinajstić information content (AvgIpc) is 2.87. The molecule has 0 saturated heterocycles. The van der Waals surface area contributed by atoms with Gasteiger partial charge in [0.05, 0.1) is 30.0 Å². The standard InChI is InChI=1S/C23H18Cl2F2N4O8S/c1-37-16-4-3-13(9-17(16)40(35,36)30-11-5-10(6-11)22(33)38-2)39-19-14(24)7-12(8-15(19)25)31-23(34)28-21(32)18(29-31)20(26)27/h3-5,7-9,11,20,30H,6H2,1-2H3,(H,28,32,34). The number of methoxy groups -OCH3 is 2. The zero-order chi connectivity index (χ0) is 29.4. The van der Waals surface area contributed by atoms with Gasteiger partial charge in [0.25, 0.3) is 12.0 Å². The molecule has 1 heterocycles. The molecule has 2 N–H and O–H groups in total. The smallest absolute Gasteiger partial charge is 0.349 e. The number of rotatable bonds is 9. The minimum atomic E-state index is -4.17. The molecule has 2 aromatic carbocycles. The summed E-state index contributed by atoms with van der Waals surface area (Å²) in [4.78, 5) is 36.7. The molecule has 0 spiro atoms. The van der Waals surface area contributed by atoms with Gasteiger partial charge >= 0.3 is 11.7 Å². The second kappa shape index (κ2) is 11.4. The van der Waals surface area contributed by atoms with E-state index >= 15 is 0 Å². The molecule has 17 heteroatoms. The summed E-state index contributed by atoms with van der Waals surface area (Å²) in [6.07, 6.45) is -1.70. The average molecular weight is 619 g/mol. The number of ether oxygens (including phenoxy) is 3. The minimum absolute atomic E-state index is 0.0118. The topological polar surface area (TPSA) is 159 Å². The molecule has 0 radical (unpaired) electrons. The third-order valence-corrected chi connectivity index (χ3v) is 7.60. The van der Waals surface area contributed by atoms with E-state index in [4.69, 9.17) is 32.7 Å². The second-order valence-electron chi connectivity index (χ2n) is 8.13. The molecule has 1 aromatic heterocycles. The molecule has 1 aliphatic rings. The van der Waals surface area contributed by atoms with E-state index in [1.807, 2.05) is 0 Å². The van der Waals surface area contributed by atoms with E-state index in [0.29, 0.717) is 10.3 Å². The van der Waals surface area contributed by atoms with Crippen molar-refractivity contribution in [3.05, 3.63) is 78.6 Å². The molecular formula is C23H18Cl2F2N4O8S. The lowest BCUT2D eigenvalue weighted by Gasteiger charge is -2.25. The van der Waals surface area contributed by atoms with Crippen LogP contribution in [0.25, 0.3) is 5.69 Å². The maximum absolute atomic E-state index is 13.1. The van der Waals surface area contributed by atoms with E-state index < -0.39 is 45.4 Å². The highest BCUT2D eigenvalue weighted by Gasteiger charge is 2.31. The zero-order valence-corrected chi connectivity index (χ0v) is 22.7. The Labute approximate surface area is 234 Å². The van der Waals surface area contributed by atoms with Crippen LogP contribution in [-0.2, 0) is 19.6 Å². The van der Waals surface area contributed by atoms with Gasteiger partial charge in [0.15, 0.2) is 11.4 Å². The van der Waals surface area contributed by atoms with Gasteiger partial charge in [-0.1, -0.05) is 29.3 Å². The zero-order valence-electron chi connectivity index (χ0n) is 20.4. The van der Waals surface area contributed by atoms with Crippen molar-refractivity contribution in [1.82, 2.24) is 19.5 Å². The van der Waals surface area contributed by atoms with Gasteiger partial charge in [0.1, 0.15) is 16.4 Å². The number of hydrogen-bond acceptors (Lipinski definition) is 9. The van der Waals surface area contributed by atoms with Crippen LogP contribution in [0, 0.1) is 0 Å². The number of esters is 1. The summed E-state index contributed by atoms with van der Waals surface area (Å²) in [5.74, 6) is -0.762. The van der Waals surface area contributed by atoms with Crippen LogP contribution in [0.1, 0.15) is 18.5 Å². The highest BCUT2D eigenvalue weighted by atomic mass is 35.5. The van der Waals surface area contributed by atoms with Gasteiger partial charge in [-0.05, 0) is 30.7 Å². The molecule has 0 fully saturated rings. The Bertz CT molecular complexity index is 1740. The summed E-state index contributed by atoms with van der Waals surface area (Å²) < 4.78 is 70.7. The highest BCUT2D eigenvalue weighted by Crippen LogP contribution is 2.40. The number of nitrogens with zero attached hydrogens (tertiary/aromatic N) is 2. The van der Waals surface area contributed by atoms with Crippen molar-refractivity contribution in [2.75, 3.05) is 14.2 Å². The number of aromatic nitrogens is 3. The van der Waals surface area contributed by atoms with Crippen molar-refractivity contribution >= 4 is 39.2 Å². The third-order valence-electron chi connectivity index (χ3n) is 5.53. The summed E-state index contributed by atoms with van der Waals surface area (Å²) >= 11 is 12.6. The summed E-state index contributed by atoms with van der Waals surface area (Å²) in [6, 6.07) is 5.44. The van der Waals surface area contributed by atoms with Crippen molar-refractivity contribution < 1.29 is 36.2 Å². The number of halogens is 4. The number of alkyl halides is 2. The van der Waals surface area contributed by atoms with Crippen LogP contribution in [-0.4, -0.2) is 49.4 Å². The SMILES string of the molecule is COC(=O)C1=CC(NS(=O)(=O)c2cc(Oc3c(Cl)cc(-n4nc(C(F)F)c(=O)[nH]c4=O)cc3Cl)ccc2OC)C1. The van der Waals surface area contributed by atoms with E-state index in [9.17, 15) is 31.6 Å². The van der Waals surface area contributed by atoms with Gasteiger partial charge in [-0.3, -0.25) is 9.78 Å². The molecule has 1 aliphatic carbocycles. The quantitative estimate of drug-likeness (QED) is 0.343. The van der Waals surface area contributed by atoms with Gasteiger partial charge in [-0.2, -0.15) is 9.78 Å². The predicted octanol–water partition coefficient (Wildman–Crippen LogP) is 3.12. The number of carbonyl (C=O) groups is 1. The number of nitrogens with one attached hydrogen (secondary N) is 2. The van der Waals surface area contributed by atoms with Crippen molar-refractivity contribution in [2.45, 2.75) is 23.8 Å². The first kappa shape index (κ1) is 29.2. The summed E-state index contributed by atoms with van der Waals surface area (Å²) in [6.45, 7) is 0. The monoisotopic (exact) mass is 618 g/mol. The Morgan fingerprint density at radius 3 is 2.40 bits per heavy atom. The third kappa shape index (κ3) is 5.86. The van der Waals surface area contributed by atoms with E-state index in [1.165, 1.54) is 32.4 Å². The number of sulfonamides is 1. The molecule has 0 aliphatic heterocycles. The summed E-state index contributed by atoms with van der Waals surface area (Å²) in [5, 5.41) is 2.99. The van der Waals surface area contributed by atoms with Crippen molar-refractivity contribution in [2.24, 2.45) is 0 Å². The van der Waals surface area contributed by atoms with Gasteiger partial charge < -0.3 is 14.2 Å². The largest absolute Gasteiger partial charge is 0.495 e. The maximum Gasteiger partial charge on any atom is 0.349 e. The van der Waals surface area contributed by atoms with Crippen LogP contribution in [0.15, 0.2) is 56.5 Å². The fourth-order valence-corrected chi connectivity index (χ4v) is 5.53. The number of aromatic amines is 1. The van der Waals surface area contributed by atoms with E-state index in [2.05, 4.69) is 14.6 Å². The van der Waals surface area contributed by atoms with Gasteiger partial charge in [0, 0.05) is 17.7 Å². The summed E-state index contributed by atoms with van der Waals surface area (Å²) in [7, 11) is -1.69. The fourth-order valence-electron chi connectivity index (χ4n) is 3.61. The second-order valence-corrected chi connectivity index (χ2v) is 10.6. The Morgan fingerprint density at radius 1 is 1.18 bits per heavy atom. The van der Waals surface area contributed by atoms with Crippen LogP contribution in [0.4, 0.5) is 8.78 Å². The fraction of sp³-hybridized carbons (Fsp3) is 0.217. The Balaban J connectivity index is 1.64. The van der Waals surface area contributed by atoms with Crippen LogP contribution >= 0.6 is 23.2 Å². The first-order chi connectivity index (χ1) is 18.8. The maximum atomic E-state index is 13.1. The van der Waals surface area contributed by atoms with Crippen LogP contribution in [0.5, 0.6) is 17.2 Å². The molecule has 0 bridgehead atoms.